The molecule has 0 atom stereocenters. The molecule has 0 radical (unpaired) electrons. The zero-order valence-electron chi connectivity index (χ0n) is 18.1. The van der Waals surface area contributed by atoms with Crippen molar-refractivity contribution in [2.75, 3.05) is 5.32 Å². The zero-order chi connectivity index (χ0) is 22.9. The molecule has 164 valence electrons. The second kappa shape index (κ2) is 8.55. The van der Waals surface area contributed by atoms with E-state index in [0.717, 1.165) is 21.8 Å². The molecule has 33 heavy (non-hydrogen) atoms. The predicted octanol–water partition coefficient (Wildman–Crippen LogP) is 4.78. The van der Waals surface area contributed by atoms with Gasteiger partial charge < -0.3 is 5.32 Å². The molecule has 5 rings (SSSR count). The van der Waals surface area contributed by atoms with Crippen LogP contribution >= 0.6 is 11.8 Å². The van der Waals surface area contributed by atoms with Crippen LogP contribution in [0.5, 0.6) is 0 Å². The lowest BCUT2D eigenvalue weighted by Gasteiger charge is -2.21. The minimum absolute atomic E-state index is 0.170. The first kappa shape index (κ1) is 21.0. The van der Waals surface area contributed by atoms with Crippen molar-refractivity contribution in [1.82, 2.24) is 15.2 Å². The Hall–Kier alpha value is -3.91. The first-order valence-electron chi connectivity index (χ1n) is 10.6. The Morgan fingerprint density at radius 1 is 1.03 bits per heavy atom. The number of hydrogen-bond acceptors (Lipinski definition) is 6. The van der Waals surface area contributed by atoms with E-state index in [0.29, 0.717) is 23.0 Å². The van der Waals surface area contributed by atoms with Gasteiger partial charge in [0.2, 0.25) is 0 Å². The summed E-state index contributed by atoms with van der Waals surface area (Å²) in [5.74, 6) is -0.465. The van der Waals surface area contributed by atoms with E-state index in [2.05, 4.69) is 27.0 Å². The Kier molecular flexibility index (Phi) is 5.43. The molecule has 0 fully saturated rings. The molecule has 3 aromatic carbocycles. The molecular formula is C25H21N5O2S. The molecule has 1 aromatic heterocycles. The first-order valence-corrected chi connectivity index (χ1v) is 11.4. The highest BCUT2D eigenvalue weighted by Crippen LogP contribution is 2.44. The molecule has 4 aromatic rings. The van der Waals surface area contributed by atoms with E-state index in [1.165, 1.54) is 9.58 Å². The Balaban J connectivity index is 1.41. The van der Waals surface area contributed by atoms with Crippen molar-refractivity contribution in [3.63, 3.8) is 0 Å². The minimum Gasteiger partial charge on any atom is -0.354 e. The molecule has 1 amide bonds. The Bertz CT molecular complexity index is 1490. The third-order valence-electron chi connectivity index (χ3n) is 5.48. The minimum atomic E-state index is -0.465. The van der Waals surface area contributed by atoms with Crippen molar-refractivity contribution >= 4 is 45.5 Å². The molecule has 0 saturated carbocycles. The number of hydrogen-bond donors (Lipinski definition) is 2. The molecule has 0 saturated heterocycles. The predicted molar refractivity (Wildman–Crippen MR) is 132 cm³/mol. The fraction of sp³-hybridized carbons (Fsp3) is 0.120. The van der Waals surface area contributed by atoms with Crippen molar-refractivity contribution in [2.45, 2.75) is 30.2 Å². The van der Waals surface area contributed by atoms with Crippen LogP contribution in [-0.4, -0.2) is 21.4 Å². The first-order chi connectivity index (χ1) is 16.0. The third kappa shape index (κ3) is 3.89. The fourth-order valence-corrected chi connectivity index (χ4v) is 4.70. The molecule has 0 aliphatic carbocycles. The van der Waals surface area contributed by atoms with Gasteiger partial charge in [0, 0.05) is 21.7 Å². The van der Waals surface area contributed by atoms with Gasteiger partial charge in [0.05, 0.1) is 22.5 Å². The second-order valence-electron chi connectivity index (χ2n) is 7.59. The van der Waals surface area contributed by atoms with Crippen LogP contribution in [0.25, 0.3) is 10.8 Å². The van der Waals surface area contributed by atoms with Crippen LogP contribution in [-0.2, 0) is 6.54 Å². The maximum absolute atomic E-state index is 12.9. The van der Waals surface area contributed by atoms with Crippen LogP contribution in [0.2, 0.25) is 0 Å². The summed E-state index contributed by atoms with van der Waals surface area (Å²) in [6.07, 6.45) is 0. The maximum Gasteiger partial charge on any atom is 0.292 e. The van der Waals surface area contributed by atoms with E-state index in [1.54, 1.807) is 36.0 Å². The summed E-state index contributed by atoms with van der Waals surface area (Å²) in [6, 6.07) is 21.2. The summed E-state index contributed by atoms with van der Waals surface area (Å²) >= 11 is 1.72. The Labute approximate surface area is 194 Å². The highest BCUT2D eigenvalue weighted by Gasteiger charge is 2.18. The molecule has 8 heteroatoms. The molecule has 2 heterocycles. The maximum atomic E-state index is 12.9. The number of rotatable bonds is 4. The number of nitrogens with zero attached hydrogens (tertiary/aromatic N) is 3. The highest BCUT2D eigenvalue weighted by molar-refractivity contribution is 7.99. The van der Waals surface area contributed by atoms with Gasteiger partial charge in [-0.2, -0.15) is 10.2 Å². The Morgan fingerprint density at radius 3 is 2.58 bits per heavy atom. The summed E-state index contributed by atoms with van der Waals surface area (Å²) in [6.45, 7) is 4.02. The monoisotopic (exact) mass is 455 g/mol. The van der Waals surface area contributed by atoms with Gasteiger partial charge in [0.15, 0.2) is 5.69 Å². The number of aryl methyl sites for hydroxylation is 1. The number of hydrazone groups is 1. The summed E-state index contributed by atoms with van der Waals surface area (Å²) < 4.78 is 1.29. The van der Waals surface area contributed by atoms with Crippen LogP contribution in [0.3, 0.4) is 0 Å². The van der Waals surface area contributed by atoms with Crippen molar-refractivity contribution in [3.8, 4) is 0 Å². The number of amides is 1. The third-order valence-corrected chi connectivity index (χ3v) is 6.63. The SMILES string of the molecule is CCn1nc(C(=O)N/N=C(\C)c2ccc3c(c2)Nc2ccccc2S3)c2ccccc2c1=O. The van der Waals surface area contributed by atoms with E-state index in [4.69, 9.17) is 0 Å². The zero-order valence-corrected chi connectivity index (χ0v) is 18.9. The normalized spacial score (nSPS) is 12.6. The number of benzene rings is 3. The number of nitrogens with one attached hydrogen (secondary N) is 2. The molecule has 1 aliphatic rings. The fourth-order valence-electron chi connectivity index (χ4n) is 3.73. The number of fused-ring (bicyclic) bond motifs is 3. The van der Waals surface area contributed by atoms with E-state index < -0.39 is 5.91 Å². The molecule has 2 N–H and O–H groups in total. The van der Waals surface area contributed by atoms with E-state index in [1.807, 2.05) is 50.2 Å². The van der Waals surface area contributed by atoms with Crippen molar-refractivity contribution < 1.29 is 4.79 Å². The smallest absolute Gasteiger partial charge is 0.292 e. The van der Waals surface area contributed by atoms with Crippen LogP contribution in [0.1, 0.15) is 29.9 Å². The molecule has 0 unspecified atom stereocenters. The number of carbonyl (C=O) groups is 1. The number of aromatic nitrogens is 2. The quantitative estimate of drug-likeness (QED) is 0.301. The molecule has 0 bridgehead atoms. The van der Waals surface area contributed by atoms with Gasteiger partial charge in [-0.1, -0.05) is 48.2 Å². The van der Waals surface area contributed by atoms with Crippen LogP contribution in [0.15, 0.2) is 86.4 Å². The van der Waals surface area contributed by atoms with Gasteiger partial charge in [-0.3, -0.25) is 9.59 Å². The lowest BCUT2D eigenvalue weighted by atomic mass is 10.1. The number of anilines is 2. The van der Waals surface area contributed by atoms with Crippen molar-refractivity contribution in [3.05, 3.63) is 88.3 Å². The van der Waals surface area contributed by atoms with Gasteiger partial charge in [0.1, 0.15) is 0 Å². The topological polar surface area (TPSA) is 88.4 Å². The van der Waals surface area contributed by atoms with Gasteiger partial charge in [-0.25, -0.2) is 10.1 Å². The number of carbonyl (C=O) groups excluding carboxylic acids is 1. The van der Waals surface area contributed by atoms with E-state index in [9.17, 15) is 9.59 Å². The standard InChI is InChI=1S/C25H21N5O2S/c1-3-30-25(32)18-9-5-4-8-17(18)23(29-30)24(31)28-27-15(2)16-12-13-22-20(14-16)26-19-10-6-7-11-21(19)33-22/h4-14,26H,3H2,1-2H3,(H,28,31)/b27-15+. The highest BCUT2D eigenvalue weighted by atomic mass is 32.2. The molecular weight excluding hydrogens is 434 g/mol. The largest absolute Gasteiger partial charge is 0.354 e. The van der Waals surface area contributed by atoms with Crippen LogP contribution in [0, 0.1) is 0 Å². The van der Waals surface area contributed by atoms with E-state index in [-0.39, 0.29) is 11.3 Å². The van der Waals surface area contributed by atoms with Gasteiger partial charge in [-0.15, -0.1) is 0 Å². The molecule has 1 aliphatic heterocycles. The summed E-state index contributed by atoms with van der Waals surface area (Å²) in [5.41, 5.74) is 6.17. The van der Waals surface area contributed by atoms with Crippen LogP contribution in [0.4, 0.5) is 11.4 Å². The summed E-state index contributed by atoms with van der Waals surface area (Å²) in [7, 11) is 0. The van der Waals surface area contributed by atoms with Gasteiger partial charge in [0.25, 0.3) is 11.5 Å². The number of para-hydroxylation sites is 1. The molecule has 7 nitrogen and oxygen atoms in total. The average molecular weight is 456 g/mol. The lowest BCUT2D eigenvalue weighted by molar-refractivity contribution is 0.0949. The average Bonchev–Trinajstić information content (AvgIpc) is 2.85. The molecule has 0 spiro atoms. The van der Waals surface area contributed by atoms with Crippen molar-refractivity contribution in [1.29, 1.82) is 0 Å². The Morgan fingerprint density at radius 2 is 1.76 bits per heavy atom. The lowest BCUT2D eigenvalue weighted by Crippen LogP contribution is -2.28. The summed E-state index contributed by atoms with van der Waals surface area (Å²) in [4.78, 5) is 27.8. The van der Waals surface area contributed by atoms with Crippen molar-refractivity contribution in [2.24, 2.45) is 5.10 Å². The van der Waals surface area contributed by atoms with E-state index >= 15 is 0 Å². The second-order valence-corrected chi connectivity index (χ2v) is 8.67. The summed E-state index contributed by atoms with van der Waals surface area (Å²) in [5, 5.41) is 13.0. The van der Waals surface area contributed by atoms with Gasteiger partial charge in [-0.05, 0) is 49.7 Å². The van der Waals surface area contributed by atoms with Gasteiger partial charge >= 0.3 is 0 Å². The van der Waals surface area contributed by atoms with Crippen LogP contribution < -0.4 is 16.3 Å².